The molecule has 1 heterocycles. The van der Waals surface area contributed by atoms with Gasteiger partial charge < -0.3 is 19.5 Å². The van der Waals surface area contributed by atoms with E-state index in [-0.39, 0.29) is 0 Å². The topological polar surface area (TPSA) is 52.6 Å². The fourth-order valence-electron chi connectivity index (χ4n) is 2.87. The zero-order valence-electron chi connectivity index (χ0n) is 16.4. The Morgan fingerprint density at radius 2 is 1.64 bits per heavy atom. The molecule has 0 fully saturated rings. The Labute approximate surface area is 166 Å². The summed E-state index contributed by atoms with van der Waals surface area (Å²) in [5, 5.41) is 3.48. The van der Waals surface area contributed by atoms with E-state index < -0.39 is 0 Å². The van der Waals surface area contributed by atoms with Crippen molar-refractivity contribution in [2.45, 2.75) is 26.6 Å². The van der Waals surface area contributed by atoms with Crippen molar-refractivity contribution in [3.05, 3.63) is 83.7 Å². The maximum atomic E-state index is 6.01. The van der Waals surface area contributed by atoms with Gasteiger partial charge in [-0.3, -0.25) is 4.98 Å². The highest BCUT2D eigenvalue weighted by Gasteiger charge is 2.08. The Morgan fingerprint density at radius 1 is 0.857 bits per heavy atom. The van der Waals surface area contributed by atoms with Crippen LogP contribution in [0.1, 0.15) is 23.7 Å². The minimum Gasteiger partial charge on any atom is -0.497 e. The summed E-state index contributed by atoms with van der Waals surface area (Å²) in [6.45, 7) is 4.42. The first kappa shape index (κ1) is 19.7. The quantitative estimate of drug-likeness (QED) is 0.568. The van der Waals surface area contributed by atoms with E-state index in [4.69, 9.17) is 14.2 Å². The van der Waals surface area contributed by atoms with Crippen molar-refractivity contribution in [1.29, 1.82) is 0 Å². The molecule has 0 aliphatic heterocycles. The Bertz CT molecular complexity index is 869. The predicted octanol–water partition coefficient (Wildman–Crippen LogP) is 4.36. The van der Waals surface area contributed by atoms with Gasteiger partial charge in [0, 0.05) is 30.4 Å². The predicted molar refractivity (Wildman–Crippen MR) is 110 cm³/mol. The number of para-hydroxylation sites is 1. The van der Waals surface area contributed by atoms with Crippen LogP contribution in [-0.4, -0.2) is 18.7 Å². The summed E-state index contributed by atoms with van der Waals surface area (Å²) in [6.07, 6.45) is 1.77. The Kier molecular flexibility index (Phi) is 7.27. The number of benzene rings is 2. The second kappa shape index (κ2) is 10.3. The van der Waals surface area contributed by atoms with Crippen molar-refractivity contribution >= 4 is 0 Å². The molecule has 1 N–H and O–H groups in total. The van der Waals surface area contributed by atoms with Gasteiger partial charge in [-0.05, 0) is 43.3 Å². The number of hydrogen-bond acceptors (Lipinski definition) is 5. The van der Waals surface area contributed by atoms with Crippen molar-refractivity contribution in [2.75, 3.05) is 13.7 Å². The largest absolute Gasteiger partial charge is 0.497 e. The number of ether oxygens (including phenoxy) is 3. The van der Waals surface area contributed by atoms with Crippen LogP contribution in [0.15, 0.2) is 66.9 Å². The van der Waals surface area contributed by atoms with Gasteiger partial charge in [0.15, 0.2) is 0 Å². The smallest absolute Gasteiger partial charge is 0.130 e. The molecule has 0 atom stereocenters. The van der Waals surface area contributed by atoms with E-state index in [0.29, 0.717) is 26.3 Å². The molecule has 0 aliphatic carbocycles. The third kappa shape index (κ3) is 5.47. The summed E-state index contributed by atoms with van der Waals surface area (Å²) in [5.41, 5.74) is 3.05. The minimum atomic E-state index is 0.424. The van der Waals surface area contributed by atoms with Gasteiger partial charge in [-0.15, -0.1) is 0 Å². The molecule has 0 saturated heterocycles. The summed E-state index contributed by atoms with van der Waals surface area (Å²) < 4.78 is 17.1. The summed E-state index contributed by atoms with van der Waals surface area (Å²) in [6, 6.07) is 19.7. The average Bonchev–Trinajstić information content (AvgIpc) is 2.75. The molecule has 0 aliphatic rings. The van der Waals surface area contributed by atoms with Gasteiger partial charge in [0.05, 0.1) is 19.4 Å². The maximum Gasteiger partial charge on any atom is 0.130 e. The molecule has 146 valence electrons. The molecule has 5 heteroatoms. The van der Waals surface area contributed by atoms with Gasteiger partial charge in [-0.2, -0.15) is 0 Å². The molecule has 2 aromatic carbocycles. The van der Waals surface area contributed by atoms with Gasteiger partial charge in [-0.1, -0.05) is 24.3 Å². The van der Waals surface area contributed by atoms with E-state index in [1.165, 1.54) is 0 Å². The average molecular weight is 378 g/mol. The monoisotopic (exact) mass is 378 g/mol. The Morgan fingerprint density at radius 3 is 2.43 bits per heavy atom. The van der Waals surface area contributed by atoms with Gasteiger partial charge >= 0.3 is 0 Å². The first-order valence-electron chi connectivity index (χ1n) is 9.41. The van der Waals surface area contributed by atoms with Crippen molar-refractivity contribution in [3.8, 4) is 17.2 Å². The number of methoxy groups -OCH3 is 1. The number of pyridine rings is 1. The number of nitrogens with zero attached hydrogens (tertiary/aromatic N) is 1. The van der Waals surface area contributed by atoms with Crippen LogP contribution in [0.4, 0.5) is 0 Å². The van der Waals surface area contributed by atoms with E-state index in [1.54, 1.807) is 13.3 Å². The van der Waals surface area contributed by atoms with Gasteiger partial charge in [0.25, 0.3) is 0 Å². The second-order valence-electron chi connectivity index (χ2n) is 6.23. The van der Waals surface area contributed by atoms with E-state index in [0.717, 1.165) is 34.1 Å². The number of aromatic nitrogens is 1. The van der Waals surface area contributed by atoms with Crippen molar-refractivity contribution in [3.63, 3.8) is 0 Å². The molecular weight excluding hydrogens is 352 g/mol. The van der Waals surface area contributed by atoms with Crippen molar-refractivity contribution in [2.24, 2.45) is 0 Å². The summed E-state index contributed by atoms with van der Waals surface area (Å²) in [4.78, 5) is 4.31. The van der Waals surface area contributed by atoms with Gasteiger partial charge in [0.2, 0.25) is 0 Å². The van der Waals surface area contributed by atoms with Crippen LogP contribution in [0.2, 0.25) is 0 Å². The van der Waals surface area contributed by atoms with Gasteiger partial charge in [0.1, 0.15) is 23.9 Å². The fourth-order valence-corrected chi connectivity index (χ4v) is 2.87. The van der Waals surface area contributed by atoms with Crippen molar-refractivity contribution in [1.82, 2.24) is 10.3 Å². The lowest BCUT2D eigenvalue weighted by molar-refractivity contribution is 0.296. The first-order valence-corrected chi connectivity index (χ1v) is 9.41. The Hall–Kier alpha value is -3.05. The molecule has 0 bridgehead atoms. The van der Waals surface area contributed by atoms with Crippen LogP contribution in [0, 0.1) is 0 Å². The first-order chi connectivity index (χ1) is 13.8. The molecule has 0 saturated carbocycles. The highest BCUT2D eigenvalue weighted by molar-refractivity contribution is 5.40. The molecule has 0 amide bonds. The molecule has 5 nitrogen and oxygen atoms in total. The molecule has 0 radical (unpaired) electrons. The molecule has 3 aromatic rings. The molecule has 3 rings (SSSR count). The van der Waals surface area contributed by atoms with Crippen LogP contribution in [0.25, 0.3) is 0 Å². The number of rotatable bonds is 10. The van der Waals surface area contributed by atoms with Crippen LogP contribution in [-0.2, 0) is 19.7 Å². The van der Waals surface area contributed by atoms with E-state index in [9.17, 15) is 0 Å². The van der Waals surface area contributed by atoms with E-state index >= 15 is 0 Å². The standard InChI is InChI=1S/C23H26N2O3/c1-3-27-22-10-5-4-8-18(22)15-24-16-19-14-21(26-2)11-12-23(19)28-17-20-9-6-7-13-25-20/h4-14,24H,3,15-17H2,1-2H3. The molecule has 28 heavy (non-hydrogen) atoms. The lowest BCUT2D eigenvalue weighted by atomic mass is 10.1. The molecule has 0 spiro atoms. The Balaban J connectivity index is 1.66. The third-order valence-corrected chi connectivity index (χ3v) is 4.27. The SMILES string of the molecule is CCOc1ccccc1CNCc1cc(OC)ccc1OCc1ccccn1. The van der Waals surface area contributed by atoms with Crippen LogP contribution < -0.4 is 19.5 Å². The van der Waals surface area contributed by atoms with Crippen molar-refractivity contribution < 1.29 is 14.2 Å². The van der Waals surface area contributed by atoms with Gasteiger partial charge in [-0.25, -0.2) is 0 Å². The van der Waals surface area contributed by atoms with E-state index in [1.807, 2.05) is 61.5 Å². The number of nitrogens with one attached hydrogen (secondary N) is 1. The second-order valence-corrected chi connectivity index (χ2v) is 6.23. The molecule has 1 aromatic heterocycles. The molecular formula is C23H26N2O3. The normalized spacial score (nSPS) is 10.5. The summed E-state index contributed by atoms with van der Waals surface area (Å²) >= 11 is 0. The highest BCUT2D eigenvalue weighted by Crippen LogP contribution is 2.25. The lowest BCUT2D eigenvalue weighted by Crippen LogP contribution is -2.14. The van der Waals surface area contributed by atoms with Crippen LogP contribution in [0.3, 0.4) is 0 Å². The number of hydrogen-bond donors (Lipinski definition) is 1. The summed E-state index contributed by atoms with van der Waals surface area (Å²) in [7, 11) is 1.67. The minimum absolute atomic E-state index is 0.424. The zero-order chi connectivity index (χ0) is 19.6. The van der Waals surface area contributed by atoms with Crippen LogP contribution in [0.5, 0.6) is 17.2 Å². The maximum absolute atomic E-state index is 6.01. The highest BCUT2D eigenvalue weighted by atomic mass is 16.5. The molecule has 0 unspecified atom stereocenters. The van der Waals surface area contributed by atoms with E-state index in [2.05, 4.69) is 16.4 Å². The summed E-state index contributed by atoms with van der Waals surface area (Å²) in [5.74, 6) is 2.53. The fraction of sp³-hybridized carbons (Fsp3) is 0.261. The lowest BCUT2D eigenvalue weighted by Gasteiger charge is -2.15. The third-order valence-electron chi connectivity index (χ3n) is 4.27. The zero-order valence-corrected chi connectivity index (χ0v) is 16.4. The van der Waals surface area contributed by atoms with Crippen LogP contribution >= 0.6 is 0 Å².